The molecule has 20 heavy (non-hydrogen) atoms. The number of morpholine rings is 1. The van der Waals surface area contributed by atoms with Gasteiger partial charge in [0.15, 0.2) is 0 Å². The molecule has 0 radical (unpaired) electrons. The zero-order chi connectivity index (χ0) is 14.5. The Labute approximate surface area is 126 Å². The fourth-order valence-electron chi connectivity index (χ4n) is 2.15. The summed E-state index contributed by atoms with van der Waals surface area (Å²) in [6.07, 6.45) is 0. The predicted molar refractivity (Wildman–Crippen MR) is 77.8 cm³/mol. The Kier molecular flexibility index (Phi) is 5.51. The molecule has 1 fully saturated rings. The molecule has 1 aromatic rings. The maximum absolute atomic E-state index is 13.4. The lowest BCUT2D eigenvalue weighted by atomic mass is 10.2. The number of likely N-dealkylation sites (N-methyl/N-ethyl adjacent to an activating group) is 1. The van der Waals surface area contributed by atoms with Gasteiger partial charge in [-0.15, -0.1) is 0 Å². The van der Waals surface area contributed by atoms with Gasteiger partial charge < -0.3 is 9.64 Å². The van der Waals surface area contributed by atoms with Crippen molar-refractivity contribution >= 4 is 21.8 Å². The van der Waals surface area contributed by atoms with Crippen LogP contribution in [-0.2, 0) is 16.1 Å². The minimum atomic E-state index is -0.282. The highest BCUT2D eigenvalue weighted by atomic mass is 79.9. The number of benzene rings is 1. The van der Waals surface area contributed by atoms with Crippen LogP contribution in [0.5, 0.6) is 0 Å². The average molecular weight is 345 g/mol. The predicted octanol–water partition coefficient (Wildman–Crippen LogP) is 1.88. The smallest absolute Gasteiger partial charge is 0.236 e. The van der Waals surface area contributed by atoms with Gasteiger partial charge >= 0.3 is 0 Å². The summed E-state index contributed by atoms with van der Waals surface area (Å²) in [6, 6.07) is 5.02. The van der Waals surface area contributed by atoms with Crippen molar-refractivity contribution in [1.29, 1.82) is 0 Å². The van der Waals surface area contributed by atoms with E-state index in [4.69, 9.17) is 4.74 Å². The maximum Gasteiger partial charge on any atom is 0.236 e. The fraction of sp³-hybridized carbons (Fsp3) is 0.500. The van der Waals surface area contributed by atoms with E-state index in [9.17, 15) is 9.18 Å². The fourth-order valence-corrected chi connectivity index (χ4v) is 2.40. The monoisotopic (exact) mass is 344 g/mol. The largest absolute Gasteiger partial charge is 0.378 e. The molecule has 0 aromatic heterocycles. The van der Waals surface area contributed by atoms with Crippen LogP contribution >= 0.6 is 15.9 Å². The summed E-state index contributed by atoms with van der Waals surface area (Å²) in [5.74, 6) is -0.191. The van der Waals surface area contributed by atoms with Crippen LogP contribution in [0.4, 0.5) is 4.39 Å². The third-order valence-corrected chi connectivity index (χ3v) is 3.85. The number of rotatable bonds is 4. The van der Waals surface area contributed by atoms with Gasteiger partial charge in [0.05, 0.1) is 24.2 Å². The van der Waals surface area contributed by atoms with Gasteiger partial charge in [0.2, 0.25) is 5.91 Å². The highest BCUT2D eigenvalue weighted by molar-refractivity contribution is 9.10. The van der Waals surface area contributed by atoms with Crippen molar-refractivity contribution in [2.24, 2.45) is 0 Å². The Hall–Kier alpha value is -0.980. The van der Waals surface area contributed by atoms with Crippen molar-refractivity contribution in [2.75, 3.05) is 39.9 Å². The van der Waals surface area contributed by atoms with E-state index >= 15 is 0 Å². The second-order valence-electron chi connectivity index (χ2n) is 4.91. The molecule has 1 aliphatic rings. The first kappa shape index (κ1) is 15.4. The Bertz CT molecular complexity index is 478. The van der Waals surface area contributed by atoms with Gasteiger partial charge in [0.1, 0.15) is 5.82 Å². The summed E-state index contributed by atoms with van der Waals surface area (Å²) in [5, 5.41) is 0. The molecule has 1 aliphatic heterocycles. The van der Waals surface area contributed by atoms with E-state index in [1.165, 1.54) is 6.07 Å². The number of nitrogens with zero attached hydrogens (tertiary/aromatic N) is 2. The van der Waals surface area contributed by atoms with Crippen LogP contribution in [0.2, 0.25) is 0 Å². The molecule has 0 spiro atoms. The molecular formula is C14H18BrFN2O2. The van der Waals surface area contributed by atoms with E-state index in [0.717, 1.165) is 5.56 Å². The van der Waals surface area contributed by atoms with Gasteiger partial charge in [-0.1, -0.05) is 6.07 Å². The number of ether oxygens (including phenoxy) is 1. The Morgan fingerprint density at radius 3 is 2.80 bits per heavy atom. The Balaban J connectivity index is 1.86. The third kappa shape index (κ3) is 4.26. The van der Waals surface area contributed by atoms with Gasteiger partial charge in [-0.2, -0.15) is 0 Å². The van der Waals surface area contributed by atoms with E-state index < -0.39 is 0 Å². The quantitative estimate of drug-likeness (QED) is 0.836. The van der Waals surface area contributed by atoms with E-state index in [0.29, 0.717) is 43.9 Å². The van der Waals surface area contributed by atoms with Crippen molar-refractivity contribution in [3.05, 3.63) is 34.1 Å². The molecule has 1 saturated heterocycles. The van der Waals surface area contributed by atoms with Crippen molar-refractivity contribution in [1.82, 2.24) is 9.80 Å². The topological polar surface area (TPSA) is 32.8 Å². The molecule has 0 bridgehead atoms. The number of carbonyl (C=O) groups is 1. The second kappa shape index (κ2) is 7.15. The van der Waals surface area contributed by atoms with Gasteiger partial charge in [-0.25, -0.2) is 4.39 Å². The summed E-state index contributed by atoms with van der Waals surface area (Å²) in [4.78, 5) is 15.8. The molecular weight excluding hydrogens is 327 g/mol. The molecule has 1 heterocycles. The lowest BCUT2D eigenvalue weighted by Crippen LogP contribution is -2.44. The standard InChI is InChI=1S/C14H18BrFN2O2/c1-17(9-11-2-3-12(15)13(16)8-11)10-14(19)18-4-6-20-7-5-18/h2-3,8H,4-7,9-10H2,1H3. The van der Waals surface area contributed by atoms with Gasteiger partial charge in [0.25, 0.3) is 0 Å². The summed E-state index contributed by atoms with van der Waals surface area (Å²) in [7, 11) is 1.86. The second-order valence-corrected chi connectivity index (χ2v) is 5.77. The molecule has 2 rings (SSSR count). The first-order valence-electron chi connectivity index (χ1n) is 6.54. The molecule has 0 N–H and O–H groups in total. The third-order valence-electron chi connectivity index (χ3n) is 3.21. The summed E-state index contributed by atoms with van der Waals surface area (Å²) < 4.78 is 19.1. The number of amides is 1. The highest BCUT2D eigenvalue weighted by Gasteiger charge is 2.18. The Morgan fingerprint density at radius 2 is 2.15 bits per heavy atom. The van der Waals surface area contributed by atoms with Gasteiger partial charge in [-0.05, 0) is 40.7 Å². The van der Waals surface area contributed by atoms with E-state index in [2.05, 4.69) is 15.9 Å². The molecule has 1 amide bonds. The average Bonchev–Trinajstić information content (AvgIpc) is 2.44. The van der Waals surface area contributed by atoms with Crippen molar-refractivity contribution in [3.8, 4) is 0 Å². The summed E-state index contributed by atoms with van der Waals surface area (Å²) in [5.41, 5.74) is 0.850. The summed E-state index contributed by atoms with van der Waals surface area (Å²) >= 11 is 3.13. The SMILES string of the molecule is CN(CC(=O)N1CCOCC1)Cc1ccc(Br)c(F)c1. The van der Waals surface area contributed by atoms with Gasteiger partial charge in [-0.3, -0.25) is 9.69 Å². The van der Waals surface area contributed by atoms with Crippen molar-refractivity contribution < 1.29 is 13.9 Å². The zero-order valence-corrected chi connectivity index (χ0v) is 13.0. The molecule has 0 atom stereocenters. The number of carbonyl (C=O) groups excluding carboxylic acids is 1. The van der Waals surface area contributed by atoms with E-state index in [1.807, 2.05) is 22.9 Å². The lowest BCUT2D eigenvalue weighted by Gasteiger charge is -2.28. The molecule has 0 unspecified atom stereocenters. The van der Waals surface area contributed by atoms with Crippen LogP contribution in [0.3, 0.4) is 0 Å². The minimum Gasteiger partial charge on any atom is -0.378 e. The molecule has 6 heteroatoms. The van der Waals surface area contributed by atoms with Crippen LogP contribution in [-0.4, -0.2) is 55.6 Å². The maximum atomic E-state index is 13.4. The normalized spacial score (nSPS) is 15.7. The van der Waals surface area contributed by atoms with Crippen LogP contribution in [0.1, 0.15) is 5.56 Å². The van der Waals surface area contributed by atoms with Crippen molar-refractivity contribution in [2.45, 2.75) is 6.54 Å². The van der Waals surface area contributed by atoms with Crippen molar-refractivity contribution in [3.63, 3.8) is 0 Å². The zero-order valence-electron chi connectivity index (χ0n) is 11.4. The lowest BCUT2D eigenvalue weighted by molar-refractivity contribution is -0.136. The van der Waals surface area contributed by atoms with E-state index in [1.54, 1.807) is 6.07 Å². The molecule has 1 aromatic carbocycles. The van der Waals surface area contributed by atoms with Crippen LogP contribution in [0.15, 0.2) is 22.7 Å². The number of hydrogen-bond acceptors (Lipinski definition) is 3. The minimum absolute atomic E-state index is 0.0911. The van der Waals surface area contributed by atoms with Gasteiger partial charge in [0, 0.05) is 19.6 Å². The van der Waals surface area contributed by atoms with E-state index in [-0.39, 0.29) is 11.7 Å². The van der Waals surface area contributed by atoms with Crippen LogP contribution in [0.25, 0.3) is 0 Å². The molecule has 0 saturated carbocycles. The first-order valence-corrected chi connectivity index (χ1v) is 7.33. The van der Waals surface area contributed by atoms with Crippen LogP contribution < -0.4 is 0 Å². The number of hydrogen-bond donors (Lipinski definition) is 0. The first-order chi connectivity index (χ1) is 9.56. The number of halogens is 2. The summed E-state index contributed by atoms with van der Waals surface area (Å²) in [6.45, 7) is 3.39. The van der Waals surface area contributed by atoms with Crippen LogP contribution in [0, 0.1) is 5.82 Å². The molecule has 110 valence electrons. The highest BCUT2D eigenvalue weighted by Crippen LogP contribution is 2.17. The molecule has 0 aliphatic carbocycles. The Morgan fingerprint density at radius 1 is 1.45 bits per heavy atom. The molecule has 4 nitrogen and oxygen atoms in total.